The zero-order chi connectivity index (χ0) is 12.6. The average Bonchev–Trinajstić information content (AvgIpc) is 2.78. The molecule has 0 aliphatic heterocycles. The van der Waals surface area contributed by atoms with Gasteiger partial charge in [0, 0.05) is 6.54 Å². The molecule has 0 heterocycles. The Kier molecular flexibility index (Phi) is 3.31. The van der Waals surface area contributed by atoms with E-state index in [4.69, 9.17) is 5.11 Å². The zero-order valence-corrected chi connectivity index (χ0v) is 10.5. The molecule has 0 bridgehead atoms. The summed E-state index contributed by atoms with van der Waals surface area (Å²) in [5, 5.41) is 11.8. The molecule has 1 amide bonds. The molecule has 0 radical (unpaired) electrons. The average molecular weight is 227 g/mol. The van der Waals surface area contributed by atoms with Crippen molar-refractivity contribution in [3.8, 4) is 0 Å². The second-order valence-corrected chi connectivity index (χ2v) is 6.17. The summed E-state index contributed by atoms with van der Waals surface area (Å²) in [7, 11) is 0. The van der Waals surface area contributed by atoms with E-state index in [1.165, 1.54) is 0 Å². The second-order valence-electron chi connectivity index (χ2n) is 6.17. The van der Waals surface area contributed by atoms with Crippen molar-refractivity contribution in [1.29, 1.82) is 0 Å². The summed E-state index contributed by atoms with van der Waals surface area (Å²) in [4.78, 5) is 22.9. The van der Waals surface area contributed by atoms with Crippen molar-refractivity contribution >= 4 is 11.9 Å². The van der Waals surface area contributed by atoms with Crippen molar-refractivity contribution in [2.75, 3.05) is 6.54 Å². The summed E-state index contributed by atoms with van der Waals surface area (Å²) in [5.74, 6) is -2.39. The Labute approximate surface area is 96.4 Å². The van der Waals surface area contributed by atoms with Crippen LogP contribution in [0.1, 0.15) is 40.5 Å². The lowest BCUT2D eigenvalue weighted by Gasteiger charge is -2.26. The van der Waals surface area contributed by atoms with Crippen molar-refractivity contribution < 1.29 is 14.7 Å². The fraction of sp³-hybridized carbons (Fsp3) is 0.833. The minimum atomic E-state index is -1.05. The van der Waals surface area contributed by atoms with Crippen molar-refractivity contribution in [2.45, 2.75) is 40.5 Å². The molecular formula is C12H21NO3. The molecule has 0 aromatic heterocycles. The quantitative estimate of drug-likeness (QED) is 0.718. The Hall–Kier alpha value is -1.06. The predicted molar refractivity (Wildman–Crippen MR) is 60.9 cm³/mol. The number of carbonyl (C=O) groups excluding carboxylic acids is 1. The first-order valence-corrected chi connectivity index (χ1v) is 5.66. The van der Waals surface area contributed by atoms with E-state index in [-0.39, 0.29) is 11.3 Å². The first-order chi connectivity index (χ1) is 7.16. The Morgan fingerprint density at radius 3 is 2.19 bits per heavy atom. The van der Waals surface area contributed by atoms with Crippen molar-refractivity contribution in [3.05, 3.63) is 0 Å². The van der Waals surface area contributed by atoms with Crippen molar-refractivity contribution in [2.24, 2.45) is 16.7 Å². The smallest absolute Gasteiger partial charge is 0.316 e. The zero-order valence-electron chi connectivity index (χ0n) is 10.5. The maximum Gasteiger partial charge on any atom is 0.316 e. The van der Waals surface area contributed by atoms with E-state index in [0.29, 0.717) is 6.54 Å². The van der Waals surface area contributed by atoms with Gasteiger partial charge in [0.05, 0.1) is 0 Å². The van der Waals surface area contributed by atoms with E-state index >= 15 is 0 Å². The Bertz CT molecular complexity index is 300. The van der Waals surface area contributed by atoms with Crippen LogP contribution < -0.4 is 5.32 Å². The molecule has 16 heavy (non-hydrogen) atoms. The Morgan fingerprint density at radius 1 is 1.38 bits per heavy atom. The molecule has 1 rings (SSSR count). The van der Waals surface area contributed by atoms with E-state index in [9.17, 15) is 9.59 Å². The number of carboxylic acid groups (broad SMARTS) is 1. The topological polar surface area (TPSA) is 66.4 Å². The van der Waals surface area contributed by atoms with Gasteiger partial charge in [-0.25, -0.2) is 0 Å². The highest BCUT2D eigenvalue weighted by Gasteiger charge is 2.41. The number of hydrogen-bond donors (Lipinski definition) is 2. The summed E-state index contributed by atoms with van der Waals surface area (Å²) in [6.07, 6.45) is 2.22. The third-order valence-electron chi connectivity index (χ3n) is 3.17. The summed E-state index contributed by atoms with van der Waals surface area (Å²) in [6.45, 7) is 7.99. The maximum atomic E-state index is 11.8. The molecule has 1 aliphatic rings. The predicted octanol–water partition coefficient (Wildman–Crippen LogP) is 1.65. The molecule has 1 saturated carbocycles. The van der Waals surface area contributed by atoms with Crippen molar-refractivity contribution in [1.82, 2.24) is 5.32 Å². The van der Waals surface area contributed by atoms with Gasteiger partial charge in [0.25, 0.3) is 0 Å². The minimum Gasteiger partial charge on any atom is -0.481 e. The van der Waals surface area contributed by atoms with Gasteiger partial charge in [0.2, 0.25) is 5.91 Å². The monoisotopic (exact) mass is 227 g/mol. The van der Waals surface area contributed by atoms with Gasteiger partial charge >= 0.3 is 5.97 Å². The van der Waals surface area contributed by atoms with Gasteiger partial charge in [-0.15, -0.1) is 0 Å². The highest BCUT2D eigenvalue weighted by molar-refractivity contribution is 5.97. The molecule has 92 valence electrons. The molecule has 0 saturated heterocycles. The summed E-state index contributed by atoms with van der Waals surface area (Å²) in [5.41, 5.74) is -0.350. The number of aliphatic carboxylic acids is 1. The van der Waals surface area contributed by atoms with Crippen LogP contribution in [0, 0.1) is 16.7 Å². The molecule has 1 unspecified atom stereocenters. The molecule has 1 aliphatic carbocycles. The van der Waals surface area contributed by atoms with Crippen LogP contribution in [-0.4, -0.2) is 23.5 Å². The summed E-state index contributed by atoms with van der Waals surface area (Å²) in [6, 6.07) is 0. The lowest BCUT2D eigenvalue weighted by atomic mass is 9.80. The molecule has 4 nitrogen and oxygen atoms in total. The van der Waals surface area contributed by atoms with Gasteiger partial charge in [-0.1, -0.05) is 27.7 Å². The first kappa shape index (κ1) is 13.0. The normalized spacial score (nSPS) is 20.0. The minimum absolute atomic E-state index is 0.205. The molecule has 1 atom stereocenters. The molecule has 0 aromatic rings. The highest BCUT2D eigenvalue weighted by atomic mass is 16.4. The largest absolute Gasteiger partial charge is 0.481 e. The molecule has 0 aromatic carbocycles. The van der Waals surface area contributed by atoms with E-state index in [0.717, 1.165) is 12.8 Å². The van der Waals surface area contributed by atoms with Gasteiger partial charge in [-0.2, -0.15) is 0 Å². The van der Waals surface area contributed by atoms with Gasteiger partial charge in [-0.3, -0.25) is 9.59 Å². The number of carboxylic acids is 1. The lowest BCUT2D eigenvalue weighted by Crippen LogP contribution is -2.44. The van der Waals surface area contributed by atoms with Crippen LogP contribution in [0.3, 0.4) is 0 Å². The van der Waals surface area contributed by atoms with Crippen LogP contribution in [0.25, 0.3) is 0 Å². The number of amides is 1. The number of nitrogens with one attached hydrogen (secondary N) is 1. The highest BCUT2D eigenvalue weighted by Crippen LogP contribution is 2.44. The Morgan fingerprint density at radius 2 is 1.88 bits per heavy atom. The van der Waals surface area contributed by atoms with Crippen LogP contribution >= 0.6 is 0 Å². The molecule has 1 fully saturated rings. The first-order valence-electron chi connectivity index (χ1n) is 5.66. The fourth-order valence-corrected chi connectivity index (χ4v) is 1.67. The standard InChI is InChI=1S/C12H21NO3/c1-11(2,3)8(10(15)16)9(14)13-7-12(4)5-6-12/h8H,5-7H2,1-4H3,(H,13,14)(H,15,16). The van der Waals surface area contributed by atoms with E-state index in [2.05, 4.69) is 12.2 Å². The van der Waals surface area contributed by atoms with Gasteiger partial charge < -0.3 is 10.4 Å². The van der Waals surface area contributed by atoms with Crippen molar-refractivity contribution in [3.63, 3.8) is 0 Å². The van der Waals surface area contributed by atoms with E-state index in [1.54, 1.807) is 20.8 Å². The third kappa shape index (κ3) is 3.22. The van der Waals surface area contributed by atoms with Gasteiger partial charge in [-0.05, 0) is 23.7 Å². The van der Waals surface area contributed by atoms with Crippen LogP contribution in [0.4, 0.5) is 0 Å². The fourth-order valence-electron chi connectivity index (χ4n) is 1.67. The second kappa shape index (κ2) is 4.07. The van der Waals surface area contributed by atoms with E-state index < -0.39 is 17.3 Å². The summed E-state index contributed by atoms with van der Waals surface area (Å²) < 4.78 is 0. The Balaban J connectivity index is 2.58. The van der Waals surface area contributed by atoms with E-state index in [1.807, 2.05) is 0 Å². The van der Waals surface area contributed by atoms with Gasteiger partial charge in [0.15, 0.2) is 0 Å². The molecule has 0 spiro atoms. The lowest BCUT2D eigenvalue weighted by molar-refractivity contribution is -0.151. The SMILES string of the molecule is CC1(CNC(=O)C(C(=O)O)C(C)(C)C)CC1. The molecule has 4 heteroatoms. The summed E-state index contributed by atoms with van der Waals surface area (Å²) >= 11 is 0. The molecule has 2 N–H and O–H groups in total. The number of carbonyl (C=O) groups is 2. The maximum absolute atomic E-state index is 11.8. The number of rotatable bonds is 4. The third-order valence-corrected chi connectivity index (χ3v) is 3.17. The molecular weight excluding hydrogens is 206 g/mol. The van der Waals surface area contributed by atoms with Crippen LogP contribution in [0.15, 0.2) is 0 Å². The van der Waals surface area contributed by atoms with Crippen LogP contribution in [0.5, 0.6) is 0 Å². The van der Waals surface area contributed by atoms with Crippen LogP contribution in [0.2, 0.25) is 0 Å². The number of hydrogen-bond acceptors (Lipinski definition) is 2. The van der Waals surface area contributed by atoms with Gasteiger partial charge in [0.1, 0.15) is 5.92 Å². The van der Waals surface area contributed by atoms with Crippen LogP contribution in [-0.2, 0) is 9.59 Å².